The monoisotopic (exact) mass is 266 g/mol. The number of rotatable bonds is 7. The van der Waals surface area contributed by atoms with Gasteiger partial charge in [0.25, 0.3) is 0 Å². The molecule has 2 nitrogen and oxygen atoms in total. The minimum absolute atomic E-state index is 0.322. The molecule has 0 aliphatic rings. The first kappa shape index (κ1) is 15.5. The normalized spacial score (nSPS) is 14.8. The minimum atomic E-state index is 0.322. The molecule has 3 heteroatoms. The topological polar surface area (TPSA) is 29.3 Å². The molecule has 0 aliphatic carbocycles. The second kappa shape index (κ2) is 7.82. The summed E-state index contributed by atoms with van der Waals surface area (Å²) in [4.78, 5) is 2.41. The van der Waals surface area contributed by atoms with Crippen molar-refractivity contribution in [2.45, 2.75) is 32.4 Å². The van der Waals surface area contributed by atoms with Crippen molar-refractivity contribution in [2.24, 2.45) is 5.73 Å². The van der Waals surface area contributed by atoms with E-state index in [9.17, 15) is 0 Å². The summed E-state index contributed by atoms with van der Waals surface area (Å²) in [6.45, 7) is 5.15. The van der Waals surface area contributed by atoms with Gasteiger partial charge in [-0.15, -0.1) is 0 Å². The quantitative estimate of drug-likeness (QED) is 0.823. The highest BCUT2D eigenvalue weighted by molar-refractivity contribution is 7.98. The zero-order chi connectivity index (χ0) is 13.5. The fraction of sp³-hybridized carbons (Fsp3) is 0.600. The number of thioether (sulfide) groups is 1. The van der Waals surface area contributed by atoms with E-state index in [0.717, 1.165) is 12.2 Å². The summed E-state index contributed by atoms with van der Waals surface area (Å²) in [5.74, 6) is 1.14. The Morgan fingerprint density at radius 2 is 2.00 bits per heavy atom. The van der Waals surface area contributed by atoms with Gasteiger partial charge in [-0.1, -0.05) is 31.2 Å². The highest BCUT2D eigenvalue weighted by Gasteiger charge is 2.21. The Kier molecular flexibility index (Phi) is 6.76. The molecule has 0 heterocycles. The Balaban J connectivity index is 2.94. The van der Waals surface area contributed by atoms with Gasteiger partial charge in [0.15, 0.2) is 0 Å². The third kappa shape index (κ3) is 3.74. The van der Waals surface area contributed by atoms with Gasteiger partial charge in [-0.05, 0) is 37.8 Å². The van der Waals surface area contributed by atoms with Crippen LogP contribution in [0.15, 0.2) is 24.3 Å². The van der Waals surface area contributed by atoms with Crippen molar-refractivity contribution >= 4 is 11.8 Å². The van der Waals surface area contributed by atoms with Crippen LogP contribution in [0.5, 0.6) is 0 Å². The van der Waals surface area contributed by atoms with Crippen LogP contribution in [0.3, 0.4) is 0 Å². The molecule has 0 fully saturated rings. The van der Waals surface area contributed by atoms with Crippen molar-refractivity contribution in [2.75, 3.05) is 25.6 Å². The first-order chi connectivity index (χ1) is 8.65. The van der Waals surface area contributed by atoms with E-state index in [-0.39, 0.29) is 0 Å². The number of aryl methyl sites for hydroxylation is 1. The Labute approximate surface area is 116 Å². The van der Waals surface area contributed by atoms with Crippen LogP contribution in [-0.2, 0) is 6.42 Å². The lowest BCUT2D eigenvalue weighted by Gasteiger charge is -2.33. The smallest absolute Gasteiger partial charge is 0.0473 e. The van der Waals surface area contributed by atoms with Crippen LogP contribution in [0.25, 0.3) is 0 Å². The second-order valence-electron chi connectivity index (χ2n) is 4.77. The van der Waals surface area contributed by atoms with Crippen molar-refractivity contribution < 1.29 is 0 Å². The van der Waals surface area contributed by atoms with Crippen LogP contribution < -0.4 is 5.73 Å². The molecule has 2 atom stereocenters. The van der Waals surface area contributed by atoms with Gasteiger partial charge in [-0.3, -0.25) is 4.90 Å². The first-order valence-corrected chi connectivity index (χ1v) is 8.03. The maximum atomic E-state index is 6.01. The van der Waals surface area contributed by atoms with E-state index >= 15 is 0 Å². The highest BCUT2D eigenvalue weighted by Crippen LogP contribution is 2.25. The minimum Gasteiger partial charge on any atom is -0.329 e. The van der Waals surface area contributed by atoms with Crippen LogP contribution in [0.1, 0.15) is 31.0 Å². The highest BCUT2D eigenvalue weighted by atomic mass is 32.2. The van der Waals surface area contributed by atoms with Crippen LogP contribution in [-0.4, -0.2) is 36.5 Å². The molecule has 1 aromatic carbocycles. The zero-order valence-corrected chi connectivity index (χ0v) is 12.8. The average Bonchev–Trinajstić information content (AvgIpc) is 2.40. The number of nitrogens with two attached hydrogens (primary N) is 1. The van der Waals surface area contributed by atoms with Gasteiger partial charge in [0.1, 0.15) is 0 Å². The molecule has 0 radical (unpaired) electrons. The van der Waals surface area contributed by atoms with E-state index in [4.69, 9.17) is 5.73 Å². The summed E-state index contributed by atoms with van der Waals surface area (Å²) >= 11 is 1.89. The fourth-order valence-electron chi connectivity index (χ4n) is 2.36. The average molecular weight is 266 g/mol. The summed E-state index contributed by atoms with van der Waals surface area (Å²) in [5.41, 5.74) is 8.81. The van der Waals surface area contributed by atoms with E-state index in [2.05, 4.69) is 56.3 Å². The molecule has 1 aromatic rings. The molecule has 18 heavy (non-hydrogen) atoms. The summed E-state index contributed by atoms with van der Waals surface area (Å²) in [7, 11) is 2.19. The lowest BCUT2D eigenvalue weighted by Crippen LogP contribution is -2.38. The number of likely N-dealkylation sites (N-methyl/N-ethyl adjacent to an activating group) is 1. The van der Waals surface area contributed by atoms with E-state index in [0.29, 0.717) is 18.6 Å². The lowest BCUT2D eigenvalue weighted by molar-refractivity contribution is 0.203. The molecule has 102 valence electrons. The maximum Gasteiger partial charge on any atom is 0.0473 e. The Hall–Kier alpha value is -0.510. The van der Waals surface area contributed by atoms with E-state index in [1.807, 2.05) is 11.8 Å². The number of hydrogen-bond acceptors (Lipinski definition) is 3. The third-order valence-corrected chi connectivity index (χ3v) is 4.43. The first-order valence-electron chi connectivity index (χ1n) is 6.64. The summed E-state index contributed by atoms with van der Waals surface area (Å²) in [6.07, 6.45) is 3.22. The van der Waals surface area contributed by atoms with Crippen LogP contribution in [0.4, 0.5) is 0 Å². The molecule has 0 saturated carbocycles. The van der Waals surface area contributed by atoms with Gasteiger partial charge >= 0.3 is 0 Å². The summed E-state index contributed by atoms with van der Waals surface area (Å²) < 4.78 is 0. The number of hydrogen-bond donors (Lipinski definition) is 1. The van der Waals surface area contributed by atoms with Crippen LogP contribution in [0.2, 0.25) is 0 Å². The predicted molar refractivity (Wildman–Crippen MR) is 83.2 cm³/mol. The van der Waals surface area contributed by atoms with Gasteiger partial charge in [0.05, 0.1) is 0 Å². The van der Waals surface area contributed by atoms with Crippen molar-refractivity contribution in [3.63, 3.8) is 0 Å². The van der Waals surface area contributed by atoms with Crippen molar-refractivity contribution in [3.8, 4) is 0 Å². The Morgan fingerprint density at radius 3 is 2.56 bits per heavy atom. The molecule has 0 bridgehead atoms. The number of nitrogens with zero attached hydrogens (tertiary/aromatic N) is 1. The molecular formula is C15H26N2S. The number of benzene rings is 1. The lowest BCUT2D eigenvalue weighted by atomic mass is 9.97. The molecule has 0 saturated heterocycles. The molecule has 0 spiro atoms. The SMILES string of the molecule is CCc1ccccc1C(CN)N(C)C(C)CSC. The van der Waals surface area contributed by atoms with Crippen LogP contribution >= 0.6 is 11.8 Å². The van der Waals surface area contributed by atoms with Crippen molar-refractivity contribution in [1.29, 1.82) is 0 Å². The van der Waals surface area contributed by atoms with Crippen LogP contribution in [0, 0.1) is 0 Å². The molecule has 2 unspecified atom stereocenters. The van der Waals surface area contributed by atoms with Gasteiger partial charge < -0.3 is 5.73 Å². The molecular weight excluding hydrogens is 240 g/mol. The molecule has 0 aliphatic heterocycles. The van der Waals surface area contributed by atoms with Gasteiger partial charge in [0, 0.05) is 24.4 Å². The molecule has 0 amide bonds. The van der Waals surface area contributed by atoms with Crippen molar-refractivity contribution in [1.82, 2.24) is 4.90 Å². The second-order valence-corrected chi connectivity index (χ2v) is 5.68. The van der Waals surface area contributed by atoms with E-state index in [1.54, 1.807) is 0 Å². The van der Waals surface area contributed by atoms with E-state index in [1.165, 1.54) is 11.1 Å². The van der Waals surface area contributed by atoms with Gasteiger partial charge in [-0.2, -0.15) is 11.8 Å². The Bertz CT molecular complexity index is 354. The largest absolute Gasteiger partial charge is 0.329 e. The summed E-state index contributed by atoms with van der Waals surface area (Å²) in [5, 5.41) is 0. The predicted octanol–water partition coefficient (Wildman–Crippen LogP) is 2.93. The van der Waals surface area contributed by atoms with Gasteiger partial charge in [-0.25, -0.2) is 0 Å². The standard InChI is InChI=1S/C15H26N2S/c1-5-13-8-6-7-9-14(13)15(10-16)17(3)12(2)11-18-4/h6-9,12,15H,5,10-11,16H2,1-4H3. The maximum absolute atomic E-state index is 6.01. The fourth-order valence-corrected chi connectivity index (χ4v) is 3.08. The molecule has 1 rings (SSSR count). The molecule has 2 N–H and O–H groups in total. The van der Waals surface area contributed by atoms with Gasteiger partial charge in [0.2, 0.25) is 0 Å². The Morgan fingerprint density at radius 1 is 1.33 bits per heavy atom. The molecule has 0 aromatic heterocycles. The van der Waals surface area contributed by atoms with Crippen molar-refractivity contribution in [3.05, 3.63) is 35.4 Å². The van der Waals surface area contributed by atoms with E-state index < -0.39 is 0 Å². The third-order valence-electron chi connectivity index (χ3n) is 3.61. The zero-order valence-electron chi connectivity index (χ0n) is 12.0. The summed E-state index contributed by atoms with van der Waals surface area (Å²) in [6, 6.07) is 9.52.